The minimum Gasteiger partial charge on any atom is -0.421 e. The first-order valence-corrected chi connectivity index (χ1v) is 9.69. The number of nitrogens with one attached hydrogen (secondary N) is 3. The minimum absolute atomic E-state index is 0.101. The van der Waals surface area contributed by atoms with E-state index in [4.69, 9.17) is 4.74 Å². The topological polar surface area (TPSA) is 91.5 Å². The third-order valence-corrected chi connectivity index (χ3v) is 5.25. The Kier molecular flexibility index (Phi) is 4.19. The standard InChI is InChI=1S/C21H21FN6O/c1-11-8-14-15(23-11)6-7-17(20(14)22)29-21-24-16(13-4-3-5-13)10-18(26-21)25-19-9-12(2)27-28-19/h6-10,13,23H,3-5H2,1-2H3,(H2,24,25,26,27,28). The minimum atomic E-state index is -0.429. The predicted octanol–water partition coefficient (Wildman–Crippen LogP) is 5.24. The van der Waals surface area contributed by atoms with Crippen molar-refractivity contribution in [1.29, 1.82) is 0 Å². The number of aryl methyl sites for hydroxylation is 2. The van der Waals surface area contributed by atoms with Gasteiger partial charge in [0.25, 0.3) is 0 Å². The lowest BCUT2D eigenvalue weighted by Crippen LogP contribution is -2.12. The molecule has 1 aromatic carbocycles. The highest BCUT2D eigenvalue weighted by molar-refractivity contribution is 5.82. The van der Waals surface area contributed by atoms with Crippen molar-refractivity contribution < 1.29 is 9.13 Å². The largest absolute Gasteiger partial charge is 0.421 e. The number of fused-ring (bicyclic) bond motifs is 1. The van der Waals surface area contributed by atoms with Gasteiger partial charge in [-0.3, -0.25) is 5.10 Å². The van der Waals surface area contributed by atoms with Crippen LogP contribution in [0.4, 0.5) is 16.0 Å². The van der Waals surface area contributed by atoms with Gasteiger partial charge in [-0.2, -0.15) is 15.1 Å². The average Bonchev–Trinajstić information content (AvgIpc) is 3.21. The quantitative estimate of drug-likeness (QED) is 0.432. The number of aromatic amines is 2. The molecule has 7 nitrogen and oxygen atoms in total. The van der Waals surface area contributed by atoms with Crippen molar-refractivity contribution in [2.75, 3.05) is 5.32 Å². The molecule has 3 heterocycles. The Morgan fingerprint density at radius 1 is 1.07 bits per heavy atom. The fraction of sp³-hybridized carbons (Fsp3) is 0.286. The number of rotatable bonds is 5. The van der Waals surface area contributed by atoms with E-state index >= 15 is 0 Å². The zero-order valence-corrected chi connectivity index (χ0v) is 16.2. The molecule has 29 heavy (non-hydrogen) atoms. The molecule has 0 aliphatic heterocycles. The SMILES string of the molecule is Cc1cc(Nc2cc(C3CCC3)nc(Oc3ccc4[nH]c(C)cc4c3F)n2)n[nH]1. The zero-order chi connectivity index (χ0) is 20.0. The maximum absolute atomic E-state index is 14.9. The highest BCUT2D eigenvalue weighted by Gasteiger charge is 2.23. The molecule has 3 aromatic heterocycles. The van der Waals surface area contributed by atoms with E-state index in [0.29, 0.717) is 22.9 Å². The maximum Gasteiger partial charge on any atom is 0.324 e. The molecule has 0 unspecified atom stereocenters. The second-order valence-corrected chi connectivity index (χ2v) is 7.54. The molecule has 0 atom stereocenters. The first-order valence-electron chi connectivity index (χ1n) is 9.69. The summed E-state index contributed by atoms with van der Waals surface area (Å²) in [7, 11) is 0. The summed E-state index contributed by atoms with van der Waals surface area (Å²) in [6.07, 6.45) is 3.35. The Labute approximate surface area is 166 Å². The molecule has 8 heteroatoms. The molecule has 0 radical (unpaired) electrons. The van der Waals surface area contributed by atoms with Gasteiger partial charge in [-0.15, -0.1) is 0 Å². The number of benzene rings is 1. The van der Waals surface area contributed by atoms with E-state index in [9.17, 15) is 4.39 Å². The summed E-state index contributed by atoms with van der Waals surface area (Å²) in [6.45, 7) is 3.81. The lowest BCUT2D eigenvalue weighted by Gasteiger charge is -2.25. The van der Waals surface area contributed by atoms with E-state index in [1.807, 2.05) is 26.0 Å². The van der Waals surface area contributed by atoms with Crippen LogP contribution in [0.5, 0.6) is 11.8 Å². The van der Waals surface area contributed by atoms with Crippen molar-refractivity contribution in [2.45, 2.75) is 39.0 Å². The van der Waals surface area contributed by atoms with Gasteiger partial charge < -0.3 is 15.0 Å². The molecular weight excluding hydrogens is 371 g/mol. The van der Waals surface area contributed by atoms with Gasteiger partial charge in [-0.05, 0) is 44.9 Å². The second-order valence-electron chi connectivity index (χ2n) is 7.54. The average molecular weight is 392 g/mol. The van der Waals surface area contributed by atoms with Crippen LogP contribution in [0, 0.1) is 19.7 Å². The van der Waals surface area contributed by atoms with Crippen molar-refractivity contribution in [3.8, 4) is 11.8 Å². The Morgan fingerprint density at radius 3 is 2.66 bits per heavy atom. The van der Waals surface area contributed by atoms with Crippen LogP contribution in [0.15, 0.2) is 30.3 Å². The van der Waals surface area contributed by atoms with E-state index in [1.54, 1.807) is 18.2 Å². The number of hydrogen-bond donors (Lipinski definition) is 3. The molecule has 0 spiro atoms. The van der Waals surface area contributed by atoms with Crippen molar-refractivity contribution in [3.05, 3.63) is 53.2 Å². The van der Waals surface area contributed by atoms with Crippen LogP contribution in [-0.2, 0) is 0 Å². The number of H-pyrrole nitrogens is 2. The summed E-state index contributed by atoms with van der Waals surface area (Å²) in [4.78, 5) is 12.1. The Bertz CT molecular complexity index is 1190. The monoisotopic (exact) mass is 392 g/mol. The molecule has 4 aromatic rings. The van der Waals surface area contributed by atoms with Crippen LogP contribution in [0.2, 0.25) is 0 Å². The van der Waals surface area contributed by atoms with Gasteiger partial charge in [0, 0.05) is 40.3 Å². The van der Waals surface area contributed by atoms with Crippen LogP contribution in [0.1, 0.15) is 42.3 Å². The molecule has 148 valence electrons. The maximum atomic E-state index is 14.9. The van der Waals surface area contributed by atoms with Crippen molar-refractivity contribution in [1.82, 2.24) is 25.1 Å². The van der Waals surface area contributed by atoms with Crippen LogP contribution in [0.25, 0.3) is 10.9 Å². The summed E-state index contributed by atoms with van der Waals surface area (Å²) >= 11 is 0. The van der Waals surface area contributed by atoms with Gasteiger partial charge in [0.05, 0.1) is 5.69 Å². The summed E-state index contributed by atoms with van der Waals surface area (Å²) < 4.78 is 20.7. The lowest BCUT2D eigenvalue weighted by molar-refractivity contribution is 0.387. The van der Waals surface area contributed by atoms with Crippen LogP contribution in [-0.4, -0.2) is 25.1 Å². The first kappa shape index (κ1) is 17.7. The summed E-state index contributed by atoms with van der Waals surface area (Å²) in [5.74, 6) is 1.27. The van der Waals surface area contributed by atoms with Crippen LogP contribution < -0.4 is 10.1 Å². The molecule has 1 aliphatic carbocycles. The normalized spacial score (nSPS) is 14.2. The molecule has 1 aliphatic rings. The van der Waals surface area contributed by atoms with E-state index in [0.717, 1.165) is 35.4 Å². The van der Waals surface area contributed by atoms with Gasteiger partial charge in [-0.25, -0.2) is 4.39 Å². The fourth-order valence-corrected chi connectivity index (χ4v) is 3.54. The van der Waals surface area contributed by atoms with Gasteiger partial charge >= 0.3 is 6.01 Å². The number of nitrogens with zero attached hydrogens (tertiary/aromatic N) is 3. The summed E-state index contributed by atoms with van der Waals surface area (Å²) in [6, 6.07) is 9.06. The van der Waals surface area contributed by atoms with Gasteiger partial charge in [0.1, 0.15) is 5.82 Å². The molecular formula is C21H21FN6O. The first-order chi connectivity index (χ1) is 14.0. The molecule has 1 saturated carbocycles. The number of ether oxygens (including phenoxy) is 1. The Balaban J connectivity index is 1.50. The summed E-state index contributed by atoms with van der Waals surface area (Å²) in [5, 5.41) is 10.7. The Hall–Kier alpha value is -3.42. The van der Waals surface area contributed by atoms with Gasteiger partial charge in [0.2, 0.25) is 0 Å². The third kappa shape index (κ3) is 3.41. The Morgan fingerprint density at radius 2 is 1.93 bits per heavy atom. The van der Waals surface area contributed by atoms with E-state index in [1.165, 1.54) is 6.42 Å². The predicted molar refractivity (Wildman–Crippen MR) is 108 cm³/mol. The van der Waals surface area contributed by atoms with Crippen molar-refractivity contribution >= 4 is 22.5 Å². The molecule has 5 rings (SSSR count). The second kappa shape index (κ2) is 6.88. The fourth-order valence-electron chi connectivity index (χ4n) is 3.54. The van der Waals surface area contributed by atoms with Crippen molar-refractivity contribution in [2.24, 2.45) is 0 Å². The molecule has 0 saturated heterocycles. The molecule has 3 N–H and O–H groups in total. The zero-order valence-electron chi connectivity index (χ0n) is 16.2. The number of aromatic nitrogens is 5. The molecule has 0 bridgehead atoms. The van der Waals surface area contributed by atoms with Crippen LogP contribution in [0.3, 0.4) is 0 Å². The number of halogens is 1. The smallest absolute Gasteiger partial charge is 0.324 e. The molecule has 0 amide bonds. The van der Waals surface area contributed by atoms with E-state index < -0.39 is 5.82 Å². The highest BCUT2D eigenvalue weighted by Crippen LogP contribution is 2.37. The summed E-state index contributed by atoms with van der Waals surface area (Å²) in [5.41, 5.74) is 3.46. The van der Waals surface area contributed by atoms with Crippen LogP contribution >= 0.6 is 0 Å². The van der Waals surface area contributed by atoms with Gasteiger partial charge in [0.15, 0.2) is 17.4 Å². The highest BCUT2D eigenvalue weighted by atomic mass is 19.1. The number of anilines is 2. The molecule has 1 fully saturated rings. The van der Waals surface area contributed by atoms with Gasteiger partial charge in [-0.1, -0.05) is 6.42 Å². The van der Waals surface area contributed by atoms with Crippen molar-refractivity contribution in [3.63, 3.8) is 0 Å². The van der Waals surface area contributed by atoms with E-state index in [-0.39, 0.29) is 11.8 Å². The van der Waals surface area contributed by atoms with E-state index in [2.05, 4.69) is 30.5 Å². The third-order valence-electron chi connectivity index (χ3n) is 5.25. The number of hydrogen-bond acceptors (Lipinski definition) is 5. The lowest BCUT2D eigenvalue weighted by atomic mass is 9.83.